The Morgan fingerprint density at radius 3 is 3.00 bits per heavy atom. The summed E-state index contributed by atoms with van der Waals surface area (Å²) < 4.78 is 1.68. The molecule has 0 aliphatic heterocycles. The average molecular weight is 251 g/mol. The molecule has 0 aromatic carbocycles. The standard InChI is InChI=1S/C10H7ClN4S/c11-8-3-4-9-12-13-10(15(9)14-8)6-7-2-1-5-16-7/h1-5H,6H2. The molecule has 6 heteroatoms. The first-order valence-electron chi connectivity index (χ1n) is 4.72. The number of fused-ring (bicyclic) bond motifs is 1. The molecule has 0 spiro atoms. The SMILES string of the molecule is Clc1ccc2nnc(Cc3cccs3)n2n1. The number of halogens is 1. The van der Waals surface area contributed by atoms with Crippen LogP contribution in [0.2, 0.25) is 5.15 Å². The minimum absolute atomic E-state index is 0.444. The Bertz CT molecular complexity index is 617. The van der Waals surface area contributed by atoms with Gasteiger partial charge in [0, 0.05) is 11.3 Å². The van der Waals surface area contributed by atoms with E-state index in [1.807, 2.05) is 11.4 Å². The van der Waals surface area contributed by atoms with Gasteiger partial charge in [-0.25, -0.2) is 0 Å². The molecule has 0 fully saturated rings. The molecule has 16 heavy (non-hydrogen) atoms. The smallest absolute Gasteiger partial charge is 0.178 e. The van der Waals surface area contributed by atoms with Gasteiger partial charge in [-0.15, -0.1) is 21.5 Å². The van der Waals surface area contributed by atoms with Crippen LogP contribution in [-0.2, 0) is 6.42 Å². The van der Waals surface area contributed by atoms with Crippen molar-refractivity contribution in [2.24, 2.45) is 0 Å². The molecule has 0 saturated carbocycles. The van der Waals surface area contributed by atoms with E-state index in [2.05, 4.69) is 21.4 Å². The highest BCUT2D eigenvalue weighted by molar-refractivity contribution is 7.09. The van der Waals surface area contributed by atoms with Crippen LogP contribution in [0.5, 0.6) is 0 Å². The minimum Gasteiger partial charge on any atom is -0.196 e. The van der Waals surface area contributed by atoms with E-state index in [1.54, 1.807) is 28.0 Å². The number of thiophene rings is 1. The molecule has 3 rings (SSSR count). The molecule has 3 heterocycles. The zero-order chi connectivity index (χ0) is 11.0. The Labute approximate surface area is 101 Å². The monoisotopic (exact) mass is 250 g/mol. The normalized spacial score (nSPS) is 11.1. The highest BCUT2D eigenvalue weighted by Crippen LogP contribution is 2.14. The van der Waals surface area contributed by atoms with Crippen molar-refractivity contribution in [3.8, 4) is 0 Å². The number of rotatable bonds is 2. The van der Waals surface area contributed by atoms with Crippen LogP contribution in [0.25, 0.3) is 5.65 Å². The first kappa shape index (κ1) is 9.74. The summed E-state index contributed by atoms with van der Waals surface area (Å²) in [7, 11) is 0. The summed E-state index contributed by atoms with van der Waals surface area (Å²) in [6.45, 7) is 0. The molecular weight excluding hydrogens is 244 g/mol. The molecule has 0 unspecified atom stereocenters. The fourth-order valence-corrected chi connectivity index (χ4v) is 2.33. The van der Waals surface area contributed by atoms with Crippen LogP contribution in [-0.4, -0.2) is 19.8 Å². The van der Waals surface area contributed by atoms with E-state index in [0.29, 0.717) is 5.15 Å². The van der Waals surface area contributed by atoms with E-state index in [4.69, 9.17) is 11.6 Å². The Morgan fingerprint density at radius 1 is 1.25 bits per heavy atom. The quantitative estimate of drug-likeness (QED) is 0.702. The number of aromatic nitrogens is 4. The predicted octanol–water partition coefficient (Wildman–Crippen LogP) is 2.43. The molecule has 0 radical (unpaired) electrons. The molecule has 0 bridgehead atoms. The largest absolute Gasteiger partial charge is 0.196 e. The maximum absolute atomic E-state index is 5.84. The molecule has 3 aromatic rings. The van der Waals surface area contributed by atoms with Gasteiger partial charge in [0.05, 0.1) is 0 Å². The van der Waals surface area contributed by atoms with Crippen LogP contribution in [0, 0.1) is 0 Å². The fourth-order valence-electron chi connectivity index (χ4n) is 1.49. The third-order valence-corrected chi connectivity index (χ3v) is 3.29. The van der Waals surface area contributed by atoms with Crippen molar-refractivity contribution in [1.29, 1.82) is 0 Å². The molecule has 0 atom stereocenters. The van der Waals surface area contributed by atoms with Gasteiger partial charge in [0.2, 0.25) is 0 Å². The lowest BCUT2D eigenvalue weighted by atomic mass is 10.3. The van der Waals surface area contributed by atoms with Crippen molar-refractivity contribution in [1.82, 2.24) is 19.8 Å². The first-order chi connectivity index (χ1) is 7.83. The summed E-state index contributed by atoms with van der Waals surface area (Å²) in [4.78, 5) is 1.23. The second kappa shape index (κ2) is 3.84. The number of hydrogen-bond acceptors (Lipinski definition) is 4. The van der Waals surface area contributed by atoms with Crippen molar-refractivity contribution >= 4 is 28.6 Å². The van der Waals surface area contributed by atoms with E-state index in [0.717, 1.165) is 17.9 Å². The fraction of sp³-hybridized carbons (Fsp3) is 0.100. The van der Waals surface area contributed by atoms with Gasteiger partial charge in [-0.3, -0.25) is 0 Å². The van der Waals surface area contributed by atoms with Crippen LogP contribution in [0.1, 0.15) is 10.7 Å². The zero-order valence-electron chi connectivity index (χ0n) is 8.17. The highest BCUT2D eigenvalue weighted by atomic mass is 35.5. The predicted molar refractivity (Wildman–Crippen MR) is 62.9 cm³/mol. The van der Waals surface area contributed by atoms with Crippen LogP contribution in [0.4, 0.5) is 0 Å². The molecule has 0 saturated heterocycles. The maximum Gasteiger partial charge on any atom is 0.178 e. The summed E-state index contributed by atoms with van der Waals surface area (Å²) in [5, 5.41) is 14.8. The van der Waals surface area contributed by atoms with Gasteiger partial charge in [-0.05, 0) is 23.6 Å². The molecule has 0 N–H and O–H groups in total. The van der Waals surface area contributed by atoms with Crippen molar-refractivity contribution in [2.75, 3.05) is 0 Å². The van der Waals surface area contributed by atoms with Crippen LogP contribution in [0.3, 0.4) is 0 Å². The van der Waals surface area contributed by atoms with Crippen molar-refractivity contribution in [3.63, 3.8) is 0 Å². The lowest BCUT2D eigenvalue weighted by molar-refractivity contribution is 0.843. The second-order valence-corrected chi connectivity index (χ2v) is 4.72. The van der Waals surface area contributed by atoms with E-state index < -0.39 is 0 Å². The third kappa shape index (κ3) is 1.68. The van der Waals surface area contributed by atoms with E-state index in [1.165, 1.54) is 4.88 Å². The Morgan fingerprint density at radius 2 is 2.19 bits per heavy atom. The molecule has 4 nitrogen and oxygen atoms in total. The van der Waals surface area contributed by atoms with Crippen molar-refractivity contribution < 1.29 is 0 Å². The zero-order valence-corrected chi connectivity index (χ0v) is 9.74. The van der Waals surface area contributed by atoms with Crippen LogP contribution >= 0.6 is 22.9 Å². The second-order valence-electron chi connectivity index (χ2n) is 3.30. The van der Waals surface area contributed by atoms with Gasteiger partial charge in [0.1, 0.15) is 5.15 Å². The third-order valence-electron chi connectivity index (χ3n) is 2.21. The summed E-state index contributed by atoms with van der Waals surface area (Å²) in [5.41, 5.74) is 0.718. The summed E-state index contributed by atoms with van der Waals surface area (Å²) in [6, 6.07) is 7.60. The lowest BCUT2D eigenvalue weighted by Gasteiger charge is -1.96. The van der Waals surface area contributed by atoms with Gasteiger partial charge in [0.15, 0.2) is 11.5 Å². The van der Waals surface area contributed by atoms with Gasteiger partial charge in [0.25, 0.3) is 0 Å². The molecule has 0 aliphatic carbocycles. The van der Waals surface area contributed by atoms with Crippen molar-refractivity contribution in [2.45, 2.75) is 6.42 Å². The lowest BCUT2D eigenvalue weighted by Crippen LogP contribution is -1.98. The van der Waals surface area contributed by atoms with E-state index >= 15 is 0 Å². The maximum atomic E-state index is 5.84. The molecule has 3 aromatic heterocycles. The molecule has 80 valence electrons. The number of hydrogen-bond donors (Lipinski definition) is 0. The minimum atomic E-state index is 0.444. The molecule has 0 amide bonds. The summed E-state index contributed by atoms with van der Waals surface area (Å²) >= 11 is 7.54. The Hall–Kier alpha value is -1.46. The van der Waals surface area contributed by atoms with Gasteiger partial charge < -0.3 is 0 Å². The number of nitrogens with zero attached hydrogens (tertiary/aromatic N) is 4. The van der Waals surface area contributed by atoms with Gasteiger partial charge >= 0.3 is 0 Å². The van der Waals surface area contributed by atoms with Crippen LogP contribution in [0.15, 0.2) is 29.6 Å². The highest BCUT2D eigenvalue weighted by Gasteiger charge is 2.08. The summed E-state index contributed by atoms with van der Waals surface area (Å²) in [5.74, 6) is 0.806. The van der Waals surface area contributed by atoms with E-state index in [-0.39, 0.29) is 0 Å². The van der Waals surface area contributed by atoms with Crippen molar-refractivity contribution in [3.05, 3.63) is 45.5 Å². The Kier molecular flexibility index (Phi) is 2.34. The van der Waals surface area contributed by atoms with Crippen LogP contribution < -0.4 is 0 Å². The first-order valence-corrected chi connectivity index (χ1v) is 5.98. The van der Waals surface area contributed by atoms with E-state index in [9.17, 15) is 0 Å². The Balaban J connectivity index is 2.07. The topological polar surface area (TPSA) is 43.1 Å². The molecule has 0 aliphatic rings. The average Bonchev–Trinajstić information content (AvgIpc) is 2.90. The van der Waals surface area contributed by atoms with Gasteiger partial charge in [-0.2, -0.15) is 9.61 Å². The molecular formula is C10H7ClN4S. The van der Waals surface area contributed by atoms with Gasteiger partial charge in [-0.1, -0.05) is 17.7 Å². The summed E-state index contributed by atoms with van der Waals surface area (Å²) in [6.07, 6.45) is 0.728.